The van der Waals surface area contributed by atoms with E-state index in [-0.39, 0.29) is 6.54 Å². The van der Waals surface area contributed by atoms with Gasteiger partial charge in [-0.25, -0.2) is 0 Å². The van der Waals surface area contributed by atoms with Crippen molar-refractivity contribution in [3.63, 3.8) is 0 Å². The average molecular weight is 329 g/mol. The van der Waals surface area contributed by atoms with Crippen LogP contribution in [0.1, 0.15) is 21.6 Å². The maximum Gasteiger partial charge on any atom is 0.418 e. The summed E-state index contributed by atoms with van der Waals surface area (Å²) in [6.45, 7) is 0.203. The molecule has 0 spiro atoms. The number of nitrogens with one attached hydrogen (secondary N) is 1. The summed E-state index contributed by atoms with van der Waals surface area (Å²) in [4.78, 5) is 15.4. The van der Waals surface area contributed by atoms with E-state index < -0.39 is 23.3 Å². The lowest BCUT2D eigenvalue weighted by atomic mass is 10.1. The molecule has 1 heterocycles. The molecule has 0 aliphatic heterocycles. The topological polar surface area (TPSA) is 42.0 Å². The standard InChI is InChI=1S/C15H12ClF3N2O/c16-11-5-3-10(4-6-11)7-9-21-14(22)13-12(15(17,18)19)2-1-8-20-13/h1-6,8H,7,9H2,(H,21,22). The lowest BCUT2D eigenvalue weighted by Crippen LogP contribution is -2.29. The SMILES string of the molecule is O=C(NCCc1ccc(Cl)cc1)c1ncccc1C(F)(F)F. The van der Waals surface area contributed by atoms with Gasteiger partial charge in [-0.05, 0) is 36.2 Å². The molecular weight excluding hydrogens is 317 g/mol. The van der Waals surface area contributed by atoms with Crippen molar-refractivity contribution < 1.29 is 18.0 Å². The van der Waals surface area contributed by atoms with Crippen molar-refractivity contribution in [1.82, 2.24) is 10.3 Å². The fraction of sp³-hybridized carbons (Fsp3) is 0.200. The number of carbonyl (C=O) groups excluding carboxylic acids is 1. The number of hydrogen-bond donors (Lipinski definition) is 1. The van der Waals surface area contributed by atoms with Crippen LogP contribution in [0.25, 0.3) is 0 Å². The van der Waals surface area contributed by atoms with Crippen molar-refractivity contribution in [2.24, 2.45) is 0 Å². The summed E-state index contributed by atoms with van der Waals surface area (Å²) in [6.07, 6.45) is -2.97. The van der Waals surface area contributed by atoms with Crippen LogP contribution in [0.3, 0.4) is 0 Å². The molecule has 7 heteroatoms. The van der Waals surface area contributed by atoms with Gasteiger partial charge in [0, 0.05) is 17.8 Å². The molecule has 1 aromatic carbocycles. The van der Waals surface area contributed by atoms with E-state index in [1.54, 1.807) is 24.3 Å². The highest BCUT2D eigenvalue weighted by molar-refractivity contribution is 6.30. The lowest BCUT2D eigenvalue weighted by molar-refractivity contribution is -0.138. The fourth-order valence-corrected chi connectivity index (χ4v) is 2.00. The number of carbonyl (C=O) groups is 1. The summed E-state index contributed by atoms with van der Waals surface area (Å²) in [6, 6.07) is 8.97. The van der Waals surface area contributed by atoms with Gasteiger partial charge < -0.3 is 5.32 Å². The van der Waals surface area contributed by atoms with Gasteiger partial charge in [-0.15, -0.1) is 0 Å². The Kier molecular flexibility index (Phi) is 5.03. The summed E-state index contributed by atoms with van der Waals surface area (Å²) in [5, 5.41) is 3.03. The number of aromatic nitrogens is 1. The van der Waals surface area contributed by atoms with Crippen molar-refractivity contribution in [3.05, 3.63) is 64.4 Å². The molecule has 3 nitrogen and oxygen atoms in total. The van der Waals surface area contributed by atoms with E-state index in [0.29, 0.717) is 11.4 Å². The maximum absolute atomic E-state index is 12.8. The van der Waals surface area contributed by atoms with E-state index in [2.05, 4.69) is 10.3 Å². The summed E-state index contributed by atoms with van der Waals surface area (Å²) in [5.74, 6) is -0.845. The molecule has 116 valence electrons. The van der Waals surface area contributed by atoms with Gasteiger partial charge in [0.2, 0.25) is 0 Å². The quantitative estimate of drug-likeness (QED) is 0.929. The third-order valence-corrected chi connectivity index (χ3v) is 3.19. The number of hydrogen-bond acceptors (Lipinski definition) is 2. The highest BCUT2D eigenvalue weighted by Crippen LogP contribution is 2.30. The van der Waals surface area contributed by atoms with Crippen LogP contribution in [-0.4, -0.2) is 17.4 Å². The Morgan fingerprint density at radius 2 is 1.86 bits per heavy atom. The number of alkyl halides is 3. The van der Waals surface area contributed by atoms with E-state index in [9.17, 15) is 18.0 Å². The van der Waals surface area contributed by atoms with Crippen molar-refractivity contribution in [3.8, 4) is 0 Å². The van der Waals surface area contributed by atoms with Crippen LogP contribution < -0.4 is 5.32 Å². The molecule has 2 aromatic rings. The number of benzene rings is 1. The van der Waals surface area contributed by atoms with E-state index in [1.807, 2.05) is 0 Å². The first-order valence-corrected chi connectivity index (χ1v) is 6.80. The first kappa shape index (κ1) is 16.3. The largest absolute Gasteiger partial charge is 0.418 e. The molecule has 22 heavy (non-hydrogen) atoms. The first-order valence-electron chi connectivity index (χ1n) is 6.43. The molecule has 0 aliphatic carbocycles. The summed E-state index contributed by atoms with van der Waals surface area (Å²) < 4.78 is 38.4. The smallest absolute Gasteiger partial charge is 0.350 e. The first-order chi connectivity index (χ1) is 10.4. The van der Waals surface area contributed by atoms with E-state index in [1.165, 1.54) is 0 Å². The number of halogens is 4. The second-order valence-electron chi connectivity index (χ2n) is 4.53. The molecule has 0 unspecified atom stereocenters. The van der Waals surface area contributed by atoms with Crippen molar-refractivity contribution in [1.29, 1.82) is 0 Å². The number of pyridine rings is 1. The Morgan fingerprint density at radius 1 is 1.18 bits per heavy atom. The monoisotopic (exact) mass is 328 g/mol. The summed E-state index contributed by atoms with van der Waals surface area (Å²) in [7, 11) is 0. The Balaban J connectivity index is 2.00. The van der Waals surface area contributed by atoms with Crippen LogP contribution in [0.5, 0.6) is 0 Å². The van der Waals surface area contributed by atoms with Crippen molar-refractivity contribution >= 4 is 17.5 Å². The van der Waals surface area contributed by atoms with Gasteiger partial charge in [-0.1, -0.05) is 23.7 Å². The summed E-state index contributed by atoms with van der Waals surface area (Å²) >= 11 is 5.75. The molecular formula is C15H12ClF3N2O. The highest BCUT2D eigenvalue weighted by Gasteiger charge is 2.35. The van der Waals surface area contributed by atoms with Gasteiger partial charge in [0.15, 0.2) is 0 Å². The third kappa shape index (κ3) is 4.21. The molecule has 0 saturated carbocycles. The van der Waals surface area contributed by atoms with Gasteiger partial charge in [-0.2, -0.15) is 13.2 Å². The van der Waals surface area contributed by atoms with Crippen molar-refractivity contribution in [2.75, 3.05) is 6.54 Å². The number of rotatable bonds is 4. The molecule has 0 radical (unpaired) electrons. The van der Waals surface area contributed by atoms with Crippen molar-refractivity contribution in [2.45, 2.75) is 12.6 Å². The molecule has 1 aromatic heterocycles. The second kappa shape index (κ2) is 6.79. The van der Waals surface area contributed by atoms with E-state index in [0.717, 1.165) is 23.9 Å². The minimum atomic E-state index is -4.61. The molecule has 2 rings (SSSR count). The van der Waals surface area contributed by atoms with Crippen LogP contribution in [0.15, 0.2) is 42.6 Å². The Morgan fingerprint density at radius 3 is 2.50 bits per heavy atom. The Bertz CT molecular complexity index is 657. The summed E-state index contributed by atoms with van der Waals surface area (Å²) in [5.41, 5.74) is -0.744. The second-order valence-corrected chi connectivity index (χ2v) is 4.97. The van der Waals surface area contributed by atoms with Crippen LogP contribution in [0.4, 0.5) is 13.2 Å². The third-order valence-electron chi connectivity index (χ3n) is 2.94. The van der Waals surface area contributed by atoms with E-state index >= 15 is 0 Å². The molecule has 0 saturated heterocycles. The zero-order valence-electron chi connectivity index (χ0n) is 11.3. The predicted molar refractivity (Wildman–Crippen MR) is 76.7 cm³/mol. The molecule has 0 aliphatic rings. The minimum Gasteiger partial charge on any atom is -0.350 e. The zero-order valence-corrected chi connectivity index (χ0v) is 12.1. The van der Waals surface area contributed by atoms with Crippen LogP contribution >= 0.6 is 11.6 Å². The van der Waals surface area contributed by atoms with E-state index in [4.69, 9.17) is 11.6 Å². The normalized spacial score (nSPS) is 11.3. The van der Waals surface area contributed by atoms with Gasteiger partial charge in [-0.3, -0.25) is 9.78 Å². The van der Waals surface area contributed by atoms with Gasteiger partial charge in [0.05, 0.1) is 5.56 Å². The Labute approximate surface area is 130 Å². The van der Waals surface area contributed by atoms with Gasteiger partial charge in [0.1, 0.15) is 5.69 Å². The van der Waals surface area contributed by atoms with Crippen LogP contribution in [0, 0.1) is 0 Å². The maximum atomic E-state index is 12.8. The predicted octanol–water partition coefficient (Wildman–Crippen LogP) is 3.73. The highest BCUT2D eigenvalue weighted by atomic mass is 35.5. The molecule has 1 amide bonds. The zero-order chi connectivity index (χ0) is 16.2. The van der Waals surface area contributed by atoms with Gasteiger partial charge in [0.25, 0.3) is 5.91 Å². The fourth-order valence-electron chi connectivity index (χ4n) is 1.87. The number of amides is 1. The van der Waals surface area contributed by atoms with Crippen LogP contribution in [-0.2, 0) is 12.6 Å². The molecule has 0 atom stereocenters. The lowest BCUT2D eigenvalue weighted by Gasteiger charge is -2.11. The molecule has 0 bridgehead atoms. The molecule has 0 fully saturated rings. The Hall–Kier alpha value is -2.08. The number of nitrogens with zero attached hydrogens (tertiary/aromatic N) is 1. The van der Waals surface area contributed by atoms with Crippen LogP contribution in [0.2, 0.25) is 5.02 Å². The minimum absolute atomic E-state index is 0.203. The average Bonchev–Trinajstić information content (AvgIpc) is 2.48. The molecule has 1 N–H and O–H groups in total. The van der Waals surface area contributed by atoms with Gasteiger partial charge >= 0.3 is 6.18 Å².